The molecule has 0 aliphatic heterocycles. The Balaban J connectivity index is 4.36. The number of rotatable bonds is 47. The fraction of sp³-hybridized carbons (Fsp3) is 0.868. The first-order valence-electron chi connectivity index (χ1n) is 25.8. The van der Waals surface area contributed by atoms with Crippen molar-refractivity contribution in [1.82, 2.24) is 0 Å². The summed E-state index contributed by atoms with van der Waals surface area (Å²) in [5.74, 6) is -0.891. The van der Waals surface area contributed by atoms with Gasteiger partial charge in [-0.15, -0.1) is 0 Å². The number of ether oxygens (including phenoxy) is 3. The van der Waals surface area contributed by atoms with Crippen molar-refractivity contribution in [3.63, 3.8) is 0 Å². The van der Waals surface area contributed by atoms with E-state index in [9.17, 15) is 14.4 Å². The van der Waals surface area contributed by atoms with E-state index < -0.39 is 6.10 Å². The second-order valence-electron chi connectivity index (χ2n) is 17.4. The van der Waals surface area contributed by atoms with E-state index in [1.807, 2.05) is 0 Å². The summed E-state index contributed by atoms with van der Waals surface area (Å²) < 4.78 is 16.8. The third kappa shape index (κ3) is 46.8. The fourth-order valence-electron chi connectivity index (χ4n) is 7.49. The first kappa shape index (κ1) is 56.9. The predicted octanol–water partition coefficient (Wildman–Crippen LogP) is 16.8. The van der Waals surface area contributed by atoms with Gasteiger partial charge in [0.05, 0.1) is 0 Å². The van der Waals surface area contributed by atoms with Crippen molar-refractivity contribution in [2.45, 2.75) is 284 Å². The van der Waals surface area contributed by atoms with Gasteiger partial charge < -0.3 is 14.2 Å². The number of hydrogen-bond acceptors (Lipinski definition) is 6. The molecule has 0 aromatic rings. The first-order chi connectivity index (χ1) is 29.0. The summed E-state index contributed by atoms with van der Waals surface area (Å²) in [7, 11) is 0. The number of carbonyl (C=O) groups excluding carboxylic acids is 3. The molecule has 0 aromatic heterocycles. The molecule has 0 rings (SSSR count). The van der Waals surface area contributed by atoms with E-state index in [1.54, 1.807) is 0 Å². The number of carbonyl (C=O) groups is 3. The Morgan fingerprint density at radius 1 is 0.322 bits per heavy atom. The van der Waals surface area contributed by atoms with Gasteiger partial charge in [0.15, 0.2) is 6.10 Å². The van der Waals surface area contributed by atoms with E-state index >= 15 is 0 Å². The Morgan fingerprint density at radius 2 is 0.559 bits per heavy atom. The van der Waals surface area contributed by atoms with Gasteiger partial charge in [-0.25, -0.2) is 0 Å². The SMILES string of the molecule is CCCCCCCCC/C=C\CCCCCCCC(=O)OCC(COC(=O)CCCCCCCCCCCCC)OC(=O)CCCCC/C=C\CCCCCCCCC. The topological polar surface area (TPSA) is 78.9 Å². The minimum Gasteiger partial charge on any atom is -0.462 e. The Bertz CT molecular complexity index is 958. The van der Waals surface area contributed by atoms with Crippen LogP contribution in [0, 0.1) is 0 Å². The molecule has 0 bridgehead atoms. The van der Waals surface area contributed by atoms with Crippen LogP contribution in [0.1, 0.15) is 278 Å². The molecule has 0 spiro atoms. The summed E-state index contributed by atoms with van der Waals surface area (Å²) in [6.45, 7) is 6.63. The van der Waals surface area contributed by atoms with E-state index in [0.717, 1.165) is 77.0 Å². The highest BCUT2D eigenvalue weighted by Gasteiger charge is 2.19. The van der Waals surface area contributed by atoms with Gasteiger partial charge in [-0.1, -0.05) is 212 Å². The number of hydrogen-bond donors (Lipinski definition) is 0. The van der Waals surface area contributed by atoms with Crippen molar-refractivity contribution in [3.05, 3.63) is 24.3 Å². The van der Waals surface area contributed by atoms with E-state index in [0.29, 0.717) is 19.3 Å². The van der Waals surface area contributed by atoms with Gasteiger partial charge in [-0.2, -0.15) is 0 Å². The maximum Gasteiger partial charge on any atom is 0.306 e. The van der Waals surface area contributed by atoms with Crippen LogP contribution in [0.2, 0.25) is 0 Å². The van der Waals surface area contributed by atoms with Gasteiger partial charge in [0.25, 0.3) is 0 Å². The van der Waals surface area contributed by atoms with Crippen molar-refractivity contribution in [2.24, 2.45) is 0 Å². The Kier molecular flexibility index (Phi) is 46.8. The smallest absolute Gasteiger partial charge is 0.306 e. The van der Waals surface area contributed by atoms with E-state index in [1.165, 1.54) is 161 Å². The third-order valence-electron chi connectivity index (χ3n) is 11.4. The molecule has 0 saturated heterocycles. The van der Waals surface area contributed by atoms with Crippen LogP contribution in [0.25, 0.3) is 0 Å². The van der Waals surface area contributed by atoms with Gasteiger partial charge in [-0.05, 0) is 70.6 Å². The van der Waals surface area contributed by atoms with Crippen LogP contribution in [0.15, 0.2) is 24.3 Å². The Hall–Kier alpha value is -2.11. The highest BCUT2D eigenvalue weighted by Crippen LogP contribution is 2.15. The van der Waals surface area contributed by atoms with Crippen molar-refractivity contribution >= 4 is 17.9 Å². The van der Waals surface area contributed by atoms with Crippen molar-refractivity contribution in [2.75, 3.05) is 13.2 Å². The monoisotopic (exact) mass is 831 g/mol. The molecule has 0 N–H and O–H groups in total. The molecule has 346 valence electrons. The van der Waals surface area contributed by atoms with Crippen LogP contribution >= 0.6 is 0 Å². The van der Waals surface area contributed by atoms with Gasteiger partial charge in [0, 0.05) is 19.3 Å². The Labute approximate surface area is 366 Å². The van der Waals surface area contributed by atoms with E-state index in [2.05, 4.69) is 45.1 Å². The summed E-state index contributed by atoms with van der Waals surface area (Å²) in [4.78, 5) is 37.9. The van der Waals surface area contributed by atoms with Crippen LogP contribution in [-0.2, 0) is 28.6 Å². The summed E-state index contributed by atoms with van der Waals surface area (Å²) in [6.07, 6.45) is 54.4. The van der Waals surface area contributed by atoms with E-state index in [4.69, 9.17) is 14.2 Å². The zero-order valence-electron chi connectivity index (χ0n) is 39.5. The summed E-state index contributed by atoms with van der Waals surface area (Å²) >= 11 is 0. The zero-order valence-corrected chi connectivity index (χ0v) is 39.5. The molecular formula is C53H98O6. The minimum atomic E-state index is -0.777. The lowest BCUT2D eigenvalue weighted by atomic mass is 10.1. The van der Waals surface area contributed by atoms with Crippen LogP contribution < -0.4 is 0 Å². The summed E-state index contributed by atoms with van der Waals surface area (Å²) in [5.41, 5.74) is 0. The molecule has 0 aliphatic rings. The largest absolute Gasteiger partial charge is 0.462 e. The van der Waals surface area contributed by atoms with Gasteiger partial charge in [0.1, 0.15) is 13.2 Å². The minimum absolute atomic E-state index is 0.0765. The summed E-state index contributed by atoms with van der Waals surface area (Å²) in [5, 5.41) is 0. The van der Waals surface area contributed by atoms with Crippen molar-refractivity contribution in [1.29, 1.82) is 0 Å². The third-order valence-corrected chi connectivity index (χ3v) is 11.4. The Morgan fingerprint density at radius 3 is 0.864 bits per heavy atom. The quantitative estimate of drug-likeness (QED) is 0.0263. The molecule has 6 nitrogen and oxygen atoms in total. The van der Waals surface area contributed by atoms with E-state index in [-0.39, 0.29) is 31.1 Å². The maximum absolute atomic E-state index is 12.8. The molecule has 0 radical (unpaired) electrons. The lowest BCUT2D eigenvalue weighted by Gasteiger charge is -2.18. The maximum atomic E-state index is 12.8. The van der Waals surface area contributed by atoms with Gasteiger partial charge >= 0.3 is 17.9 Å². The molecule has 0 heterocycles. The molecule has 1 unspecified atom stereocenters. The predicted molar refractivity (Wildman–Crippen MR) is 252 cm³/mol. The highest BCUT2D eigenvalue weighted by molar-refractivity contribution is 5.71. The average molecular weight is 831 g/mol. The molecule has 0 aromatic carbocycles. The molecule has 0 saturated carbocycles. The fourth-order valence-corrected chi connectivity index (χ4v) is 7.49. The first-order valence-corrected chi connectivity index (χ1v) is 25.8. The van der Waals surface area contributed by atoms with Crippen LogP contribution in [-0.4, -0.2) is 37.2 Å². The van der Waals surface area contributed by atoms with Crippen molar-refractivity contribution < 1.29 is 28.6 Å². The van der Waals surface area contributed by atoms with Crippen LogP contribution in [0.4, 0.5) is 0 Å². The van der Waals surface area contributed by atoms with Crippen molar-refractivity contribution in [3.8, 4) is 0 Å². The molecule has 1 atom stereocenters. The zero-order chi connectivity index (χ0) is 43.0. The van der Waals surface area contributed by atoms with Gasteiger partial charge in [0.2, 0.25) is 0 Å². The van der Waals surface area contributed by atoms with Gasteiger partial charge in [-0.3, -0.25) is 14.4 Å². The van der Waals surface area contributed by atoms with Crippen LogP contribution in [0.5, 0.6) is 0 Å². The second-order valence-corrected chi connectivity index (χ2v) is 17.4. The summed E-state index contributed by atoms with van der Waals surface area (Å²) in [6, 6.07) is 0. The number of unbranched alkanes of at least 4 members (excludes halogenated alkanes) is 32. The molecule has 0 fully saturated rings. The van der Waals surface area contributed by atoms with Crippen LogP contribution in [0.3, 0.4) is 0 Å². The average Bonchev–Trinajstić information content (AvgIpc) is 3.23. The molecule has 0 aliphatic carbocycles. The second kappa shape index (κ2) is 48.6. The molecular weight excluding hydrogens is 733 g/mol. The molecule has 59 heavy (non-hydrogen) atoms. The number of allylic oxidation sites excluding steroid dienone is 4. The highest BCUT2D eigenvalue weighted by atomic mass is 16.6. The lowest BCUT2D eigenvalue weighted by Crippen LogP contribution is -2.30. The standard InChI is InChI=1S/C53H98O6/c1-4-7-10-13-16-19-22-24-26-27-29-31-34-37-40-43-46-52(55)58-49-50(48-57-51(54)45-42-39-36-33-30-21-18-15-12-9-6-3)59-53(56)47-44-41-38-35-32-28-25-23-20-17-14-11-8-5-2/h26-28,32,50H,4-25,29-31,33-49H2,1-3H3/b27-26-,32-28-. The molecule has 0 amide bonds. The number of esters is 3. The normalized spacial score (nSPS) is 12.1. The molecule has 6 heteroatoms. The lowest BCUT2D eigenvalue weighted by molar-refractivity contribution is -0.167.